The van der Waals surface area contributed by atoms with Crippen molar-refractivity contribution in [3.05, 3.63) is 64.0 Å². The minimum atomic E-state index is 0.720. The first-order chi connectivity index (χ1) is 10.8. The fraction of sp³-hybridized carbons (Fsp3) is 0.176. The zero-order valence-corrected chi connectivity index (χ0v) is 13.4. The molecule has 2 aromatic heterocycles. The molecule has 4 nitrogen and oxygen atoms in total. The minimum Gasteiger partial charge on any atom is -0.463 e. The van der Waals surface area contributed by atoms with Crippen LogP contribution in [0.25, 0.3) is 11.5 Å². The average Bonchev–Trinajstić information content (AvgIpc) is 3.16. The van der Waals surface area contributed by atoms with Crippen LogP contribution in [0, 0.1) is 6.92 Å². The van der Waals surface area contributed by atoms with Gasteiger partial charge in [-0.1, -0.05) is 24.3 Å². The summed E-state index contributed by atoms with van der Waals surface area (Å²) in [5.74, 6) is 0.788. The first kappa shape index (κ1) is 14.5. The Morgan fingerprint density at radius 1 is 1.23 bits per heavy atom. The highest BCUT2D eigenvalue weighted by Gasteiger charge is 2.09. The van der Waals surface area contributed by atoms with E-state index in [0.717, 1.165) is 28.4 Å². The Morgan fingerprint density at radius 3 is 2.82 bits per heavy atom. The van der Waals surface area contributed by atoms with Gasteiger partial charge >= 0.3 is 0 Å². The Kier molecular flexibility index (Phi) is 4.34. The maximum atomic E-state index is 5.50. The predicted molar refractivity (Wildman–Crippen MR) is 90.3 cm³/mol. The van der Waals surface area contributed by atoms with Crippen LogP contribution in [0.1, 0.15) is 18.1 Å². The van der Waals surface area contributed by atoms with Crippen molar-refractivity contribution in [1.82, 2.24) is 4.68 Å². The first-order valence-corrected chi connectivity index (χ1v) is 8.02. The van der Waals surface area contributed by atoms with Crippen molar-refractivity contribution in [3.63, 3.8) is 0 Å². The highest BCUT2D eigenvalue weighted by molar-refractivity contribution is 7.07. The van der Waals surface area contributed by atoms with Gasteiger partial charge < -0.3 is 4.42 Å². The van der Waals surface area contributed by atoms with Gasteiger partial charge in [-0.2, -0.15) is 5.10 Å². The number of aryl methyl sites for hydroxylation is 1. The second-order valence-electron chi connectivity index (χ2n) is 4.77. The van der Waals surface area contributed by atoms with E-state index in [1.807, 2.05) is 47.5 Å². The van der Waals surface area contributed by atoms with Crippen LogP contribution in [0.15, 0.2) is 62.6 Å². The van der Waals surface area contributed by atoms with Crippen LogP contribution in [-0.4, -0.2) is 17.4 Å². The van der Waals surface area contributed by atoms with E-state index in [4.69, 9.17) is 4.42 Å². The quantitative estimate of drug-likeness (QED) is 0.673. The zero-order chi connectivity index (χ0) is 15.4. The molecule has 112 valence electrons. The summed E-state index contributed by atoms with van der Waals surface area (Å²) in [4.78, 5) is 5.36. The fourth-order valence-corrected chi connectivity index (χ4v) is 2.98. The number of aromatic nitrogens is 1. The second kappa shape index (κ2) is 6.58. The highest BCUT2D eigenvalue weighted by atomic mass is 32.1. The van der Waals surface area contributed by atoms with Crippen LogP contribution >= 0.6 is 11.3 Å². The van der Waals surface area contributed by atoms with Gasteiger partial charge in [-0.05, 0) is 37.1 Å². The van der Waals surface area contributed by atoms with Crippen molar-refractivity contribution in [2.24, 2.45) is 10.1 Å². The van der Waals surface area contributed by atoms with Crippen molar-refractivity contribution < 1.29 is 4.42 Å². The van der Waals surface area contributed by atoms with Crippen LogP contribution in [0.5, 0.6) is 0 Å². The van der Waals surface area contributed by atoms with E-state index in [-0.39, 0.29) is 0 Å². The molecule has 0 spiro atoms. The monoisotopic (exact) mass is 311 g/mol. The van der Waals surface area contributed by atoms with Crippen LogP contribution in [0.2, 0.25) is 0 Å². The predicted octanol–water partition coefficient (Wildman–Crippen LogP) is 3.92. The Hall–Kier alpha value is -2.40. The summed E-state index contributed by atoms with van der Waals surface area (Å²) in [5, 5.41) is 6.64. The molecule has 0 N–H and O–H groups in total. The maximum absolute atomic E-state index is 5.50. The van der Waals surface area contributed by atoms with Gasteiger partial charge in [0, 0.05) is 11.9 Å². The molecule has 0 atom stereocenters. The molecule has 3 aromatic rings. The number of hydrogen-bond acceptors (Lipinski definition) is 4. The third-order valence-corrected chi connectivity index (χ3v) is 4.11. The lowest BCUT2D eigenvalue weighted by molar-refractivity contribution is 0.575. The Balaban J connectivity index is 2.07. The topological polar surface area (TPSA) is 42.8 Å². The molecular weight excluding hydrogens is 294 g/mol. The molecule has 0 unspecified atom stereocenters. The summed E-state index contributed by atoms with van der Waals surface area (Å²) in [7, 11) is 0. The third kappa shape index (κ3) is 2.94. The highest BCUT2D eigenvalue weighted by Crippen LogP contribution is 2.20. The molecule has 0 bridgehead atoms. The minimum absolute atomic E-state index is 0.720. The third-order valence-electron chi connectivity index (χ3n) is 3.25. The second-order valence-corrected chi connectivity index (χ2v) is 5.60. The number of nitrogens with zero attached hydrogens (tertiary/aromatic N) is 3. The number of furan rings is 1. The number of benzene rings is 1. The summed E-state index contributed by atoms with van der Waals surface area (Å²) in [6.45, 7) is 4.81. The van der Waals surface area contributed by atoms with E-state index >= 15 is 0 Å². The van der Waals surface area contributed by atoms with Gasteiger partial charge in [-0.3, -0.25) is 4.99 Å². The normalized spacial score (nSPS) is 12.4. The van der Waals surface area contributed by atoms with Crippen molar-refractivity contribution in [2.75, 3.05) is 6.54 Å². The SMILES string of the molecule is CCN=c1scc(-c2ccco2)n1N=Cc1ccccc1C. The van der Waals surface area contributed by atoms with E-state index in [1.165, 1.54) is 5.56 Å². The molecule has 0 amide bonds. The van der Waals surface area contributed by atoms with Crippen LogP contribution < -0.4 is 4.80 Å². The summed E-state index contributed by atoms with van der Waals surface area (Å²) in [6, 6.07) is 12.0. The molecule has 0 aliphatic heterocycles. The van der Waals surface area contributed by atoms with Crippen molar-refractivity contribution in [2.45, 2.75) is 13.8 Å². The molecule has 0 fully saturated rings. The molecule has 2 heterocycles. The molecule has 0 saturated heterocycles. The van der Waals surface area contributed by atoms with Gasteiger partial charge in [0.1, 0.15) is 5.69 Å². The summed E-state index contributed by atoms with van der Waals surface area (Å²) >= 11 is 1.56. The van der Waals surface area contributed by atoms with Gasteiger partial charge in [-0.25, -0.2) is 4.68 Å². The smallest absolute Gasteiger partial charge is 0.206 e. The Bertz CT molecular complexity index is 841. The molecule has 5 heteroatoms. The maximum Gasteiger partial charge on any atom is 0.206 e. The molecule has 22 heavy (non-hydrogen) atoms. The number of hydrogen-bond donors (Lipinski definition) is 0. The Morgan fingerprint density at radius 2 is 2.09 bits per heavy atom. The molecule has 1 aromatic carbocycles. The standard InChI is InChI=1S/C17H17N3OS/c1-3-18-17-20(15(12-22-17)16-9-6-10-21-16)19-11-14-8-5-4-7-13(14)2/h4-12H,3H2,1-2H3. The molecule has 0 radical (unpaired) electrons. The van der Waals surface area contributed by atoms with E-state index < -0.39 is 0 Å². The molecular formula is C17H17N3OS. The van der Waals surface area contributed by atoms with Crippen LogP contribution in [-0.2, 0) is 0 Å². The van der Waals surface area contributed by atoms with E-state index in [1.54, 1.807) is 17.6 Å². The molecule has 0 aliphatic carbocycles. The van der Waals surface area contributed by atoms with E-state index in [0.29, 0.717) is 0 Å². The van der Waals surface area contributed by atoms with Crippen molar-refractivity contribution >= 4 is 17.6 Å². The van der Waals surface area contributed by atoms with Gasteiger partial charge in [0.25, 0.3) is 0 Å². The zero-order valence-electron chi connectivity index (χ0n) is 12.6. The van der Waals surface area contributed by atoms with Crippen LogP contribution in [0.3, 0.4) is 0 Å². The first-order valence-electron chi connectivity index (χ1n) is 7.14. The van der Waals surface area contributed by atoms with Crippen molar-refractivity contribution in [1.29, 1.82) is 0 Å². The average molecular weight is 311 g/mol. The lowest BCUT2D eigenvalue weighted by Gasteiger charge is -2.01. The number of rotatable bonds is 4. The number of thiazole rings is 1. The van der Waals surface area contributed by atoms with Gasteiger partial charge in [0.15, 0.2) is 5.76 Å². The summed E-state index contributed by atoms with van der Waals surface area (Å²) in [5.41, 5.74) is 3.19. The summed E-state index contributed by atoms with van der Waals surface area (Å²) < 4.78 is 7.33. The molecule has 0 aliphatic rings. The van der Waals surface area contributed by atoms with E-state index in [9.17, 15) is 0 Å². The van der Waals surface area contributed by atoms with Crippen LogP contribution in [0.4, 0.5) is 0 Å². The molecule has 0 saturated carbocycles. The summed E-state index contributed by atoms with van der Waals surface area (Å²) in [6.07, 6.45) is 3.53. The largest absolute Gasteiger partial charge is 0.463 e. The van der Waals surface area contributed by atoms with Gasteiger partial charge in [0.05, 0.1) is 12.5 Å². The lowest BCUT2D eigenvalue weighted by Crippen LogP contribution is -2.12. The lowest BCUT2D eigenvalue weighted by atomic mass is 10.1. The van der Waals surface area contributed by atoms with Gasteiger partial charge in [0.2, 0.25) is 4.80 Å². The molecule has 3 rings (SSSR count). The van der Waals surface area contributed by atoms with E-state index in [2.05, 4.69) is 29.2 Å². The Labute approximate surface area is 133 Å². The van der Waals surface area contributed by atoms with Gasteiger partial charge in [-0.15, -0.1) is 11.3 Å². The van der Waals surface area contributed by atoms with Crippen molar-refractivity contribution in [3.8, 4) is 11.5 Å². The fourth-order valence-electron chi connectivity index (χ4n) is 2.10.